The molecule has 2 heterocycles. The lowest BCUT2D eigenvalue weighted by Gasteiger charge is -2.36. The van der Waals surface area contributed by atoms with E-state index in [-0.39, 0.29) is 5.91 Å². The van der Waals surface area contributed by atoms with E-state index in [4.69, 9.17) is 0 Å². The topological polar surface area (TPSA) is 36.4 Å². The average molecular weight is 360 g/mol. The number of hydrogen-bond acceptors (Lipinski definition) is 3. The first-order valence-electron chi connectivity index (χ1n) is 7.36. The van der Waals surface area contributed by atoms with Crippen molar-refractivity contribution in [1.29, 1.82) is 0 Å². The second-order valence-electron chi connectivity index (χ2n) is 5.43. The van der Waals surface area contributed by atoms with E-state index in [1.165, 1.54) is 11.3 Å². The number of carbonyl (C=O) groups excluding carboxylic acids is 1. The number of halogens is 1. The molecule has 0 N–H and O–H groups in total. The van der Waals surface area contributed by atoms with Crippen LogP contribution < -0.4 is 4.90 Å². The zero-order valence-corrected chi connectivity index (χ0v) is 14.1. The Morgan fingerprint density at radius 2 is 1.91 bits per heavy atom. The Kier molecular flexibility index (Phi) is 4.43. The van der Waals surface area contributed by atoms with E-state index in [0.717, 1.165) is 30.7 Å². The molecule has 0 bridgehead atoms. The summed E-state index contributed by atoms with van der Waals surface area (Å²) in [5.74, 6) is 0.0206. The Labute approximate surface area is 138 Å². The molecule has 1 aliphatic heterocycles. The molecule has 2 aromatic rings. The number of benzene rings is 1. The number of aryl methyl sites for hydroxylation is 1. The fourth-order valence-electron chi connectivity index (χ4n) is 2.64. The summed E-state index contributed by atoms with van der Waals surface area (Å²) in [4.78, 5) is 20.7. The van der Waals surface area contributed by atoms with Gasteiger partial charge in [0.1, 0.15) is 5.69 Å². The first kappa shape index (κ1) is 15.0. The van der Waals surface area contributed by atoms with E-state index in [1.807, 2.05) is 17.0 Å². The number of pyridine rings is 1. The van der Waals surface area contributed by atoms with Crippen molar-refractivity contribution in [3.8, 4) is 0 Å². The van der Waals surface area contributed by atoms with Gasteiger partial charge in [-0.05, 0) is 42.8 Å². The molecule has 1 aromatic carbocycles. The number of anilines is 1. The Morgan fingerprint density at radius 1 is 1.14 bits per heavy atom. The van der Waals surface area contributed by atoms with Gasteiger partial charge in [-0.15, -0.1) is 0 Å². The van der Waals surface area contributed by atoms with E-state index < -0.39 is 0 Å². The van der Waals surface area contributed by atoms with Crippen LogP contribution in [-0.2, 0) is 0 Å². The van der Waals surface area contributed by atoms with E-state index in [0.29, 0.717) is 5.69 Å². The van der Waals surface area contributed by atoms with Crippen LogP contribution >= 0.6 is 15.9 Å². The van der Waals surface area contributed by atoms with Gasteiger partial charge in [-0.3, -0.25) is 9.78 Å². The number of hydrogen-bond donors (Lipinski definition) is 0. The standard InChI is InChI=1S/C17H18BrN3O/c1-13-12-14(5-6-15(13)18)20-8-10-21(11-9-20)17(22)16-4-2-3-7-19-16/h2-7,12H,8-11H2,1H3. The third kappa shape index (κ3) is 3.14. The van der Waals surface area contributed by atoms with Crippen molar-refractivity contribution in [2.75, 3.05) is 31.1 Å². The van der Waals surface area contributed by atoms with Crippen LogP contribution in [-0.4, -0.2) is 42.0 Å². The third-order valence-electron chi connectivity index (χ3n) is 3.96. The normalized spacial score (nSPS) is 15.0. The first-order chi connectivity index (χ1) is 10.6. The van der Waals surface area contributed by atoms with Gasteiger partial charge in [-0.1, -0.05) is 22.0 Å². The van der Waals surface area contributed by atoms with Gasteiger partial charge in [0, 0.05) is 42.5 Å². The maximum Gasteiger partial charge on any atom is 0.272 e. The van der Waals surface area contributed by atoms with E-state index in [1.54, 1.807) is 12.3 Å². The lowest BCUT2D eigenvalue weighted by atomic mass is 10.2. The Balaban J connectivity index is 1.65. The van der Waals surface area contributed by atoms with Gasteiger partial charge in [-0.25, -0.2) is 0 Å². The number of carbonyl (C=O) groups is 1. The molecule has 0 unspecified atom stereocenters. The van der Waals surface area contributed by atoms with Crippen LogP contribution in [0.5, 0.6) is 0 Å². The van der Waals surface area contributed by atoms with Crippen LogP contribution in [0, 0.1) is 6.92 Å². The summed E-state index contributed by atoms with van der Waals surface area (Å²) in [6, 6.07) is 11.8. The lowest BCUT2D eigenvalue weighted by Crippen LogP contribution is -2.49. The Hall–Kier alpha value is -1.88. The van der Waals surface area contributed by atoms with Crippen molar-refractivity contribution in [3.05, 3.63) is 58.3 Å². The largest absolute Gasteiger partial charge is 0.368 e. The highest BCUT2D eigenvalue weighted by Gasteiger charge is 2.23. The van der Waals surface area contributed by atoms with Gasteiger partial charge in [0.05, 0.1) is 0 Å². The summed E-state index contributed by atoms with van der Waals surface area (Å²) >= 11 is 3.53. The number of amides is 1. The van der Waals surface area contributed by atoms with Crippen LogP contribution in [0.3, 0.4) is 0 Å². The Morgan fingerprint density at radius 3 is 2.55 bits per heavy atom. The number of rotatable bonds is 2. The minimum Gasteiger partial charge on any atom is -0.368 e. The summed E-state index contributed by atoms with van der Waals surface area (Å²) in [7, 11) is 0. The summed E-state index contributed by atoms with van der Waals surface area (Å²) < 4.78 is 1.13. The zero-order valence-electron chi connectivity index (χ0n) is 12.5. The molecule has 5 heteroatoms. The first-order valence-corrected chi connectivity index (χ1v) is 8.16. The molecular formula is C17H18BrN3O. The van der Waals surface area contributed by atoms with Crippen molar-refractivity contribution in [2.24, 2.45) is 0 Å². The molecule has 22 heavy (non-hydrogen) atoms. The number of aromatic nitrogens is 1. The summed E-state index contributed by atoms with van der Waals surface area (Å²) in [5, 5.41) is 0. The maximum atomic E-state index is 12.4. The molecule has 0 saturated carbocycles. The average Bonchev–Trinajstić information content (AvgIpc) is 2.58. The molecule has 1 fully saturated rings. The van der Waals surface area contributed by atoms with Crippen molar-refractivity contribution < 1.29 is 4.79 Å². The highest BCUT2D eigenvalue weighted by Crippen LogP contribution is 2.24. The molecule has 1 aliphatic rings. The second kappa shape index (κ2) is 6.48. The van der Waals surface area contributed by atoms with E-state index >= 15 is 0 Å². The molecular weight excluding hydrogens is 342 g/mol. The van der Waals surface area contributed by atoms with Crippen molar-refractivity contribution in [2.45, 2.75) is 6.92 Å². The quantitative estimate of drug-likeness (QED) is 0.826. The number of nitrogens with zero attached hydrogens (tertiary/aromatic N) is 3. The van der Waals surface area contributed by atoms with E-state index in [2.05, 4.69) is 50.9 Å². The van der Waals surface area contributed by atoms with Gasteiger partial charge in [0.2, 0.25) is 0 Å². The van der Waals surface area contributed by atoms with Crippen molar-refractivity contribution in [1.82, 2.24) is 9.88 Å². The van der Waals surface area contributed by atoms with Crippen LogP contribution in [0.1, 0.15) is 16.1 Å². The van der Waals surface area contributed by atoms with Crippen LogP contribution in [0.25, 0.3) is 0 Å². The SMILES string of the molecule is Cc1cc(N2CCN(C(=O)c3ccccn3)CC2)ccc1Br. The number of piperazine rings is 1. The summed E-state index contributed by atoms with van der Waals surface area (Å²) in [6.45, 7) is 5.24. The monoisotopic (exact) mass is 359 g/mol. The minimum atomic E-state index is 0.0206. The van der Waals surface area contributed by atoms with Crippen molar-refractivity contribution in [3.63, 3.8) is 0 Å². The minimum absolute atomic E-state index is 0.0206. The van der Waals surface area contributed by atoms with E-state index in [9.17, 15) is 4.79 Å². The Bertz CT molecular complexity index is 667. The van der Waals surface area contributed by atoms with Gasteiger partial charge in [-0.2, -0.15) is 0 Å². The molecule has 0 atom stereocenters. The smallest absolute Gasteiger partial charge is 0.272 e. The van der Waals surface area contributed by atoms with Gasteiger partial charge < -0.3 is 9.80 Å². The molecule has 4 nitrogen and oxygen atoms in total. The molecule has 1 aromatic heterocycles. The predicted octanol–water partition coefficient (Wildman–Crippen LogP) is 3.11. The van der Waals surface area contributed by atoms with Crippen LogP contribution in [0.2, 0.25) is 0 Å². The van der Waals surface area contributed by atoms with Gasteiger partial charge >= 0.3 is 0 Å². The molecule has 1 saturated heterocycles. The molecule has 0 aliphatic carbocycles. The summed E-state index contributed by atoms with van der Waals surface area (Å²) in [5.41, 5.74) is 2.96. The summed E-state index contributed by atoms with van der Waals surface area (Å²) in [6.07, 6.45) is 1.66. The van der Waals surface area contributed by atoms with Crippen LogP contribution in [0.15, 0.2) is 47.1 Å². The molecule has 1 amide bonds. The highest BCUT2D eigenvalue weighted by molar-refractivity contribution is 9.10. The fourth-order valence-corrected chi connectivity index (χ4v) is 2.89. The maximum absolute atomic E-state index is 12.4. The molecule has 0 spiro atoms. The molecule has 3 rings (SSSR count). The van der Waals surface area contributed by atoms with Gasteiger partial charge in [0.15, 0.2) is 0 Å². The molecule has 114 valence electrons. The van der Waals surface area contributed by atoms with Gasteiger partial charge in [0.25, 0.3) is 5.91 Å². The zero-order chi connectivity index (χ0) is 15.5. The second-order valence-corrected chi connectivity index (χ2v) is 6.28. The fraction of sp³-hybridized carbons (Fsp3) is 0.294. The van der Waals surface area contributed by atoms with Crippen LogP contribution in [0.4, 0.5) is 5.69 Å². The van der Waals surface area contributed by atoms with Crippen molar-refractivity contribution >= 4 is 27.5 Å². The predicted molar refractivity (Wildman–Crippen MR) is 91.2 cm³/mol. The third-order valence-corrected chi connectivity index (χ3v) is 4.85. The molecule has 0 radical (unpaired) electrons. The highest BCUT2D eigenvalue weighted by atomic mass is 79.9. The lowest BCUT2D eigenvalue weighted by molar-refractivity contribution is 0.0741.